The van der Waals surface area contributed by atoms with Gasteiger partial charge in [0.1, 0.15) is 11.9 Å². The van der Waals surface area contributed by atoms with Gasteiger partial charge < -0.3 is 15.2 Å². The Kier molecular flexibility index (Phi) is 5.81. The summed E-state index contributed by atoms with van der Waals surface area (Å²) in [7, 11) is 0. The van der Waals surface area contributed by atoms with Gasteiger partial charge >= 0.3 is 5.97 Å². The van der Waals surface area contributed by atoms with Crippen molar-refractivity contribution in [2.24, 2.45) is 0 Å². The molecule has 0 saturated heterocycles. The van der Waals surface area contributed by atoms with Gasteiger partial charge in [0.05, 0.1) is 17.1 Å². The van der Waals surface area contributed by atoms with Gasteiger partial charge in [-0.05, 0) is 39.0 Å². The summed E-state index contributed by atoms with van der Waals surface area (Å²) in [5.41, 5.74) is 1.49. The predicted molar refractivity (Wildman–Crippen MR) is 101 cm³/mol. The monoisotopic (exact) mass is 419 g/mol. The molecule has 0 aliphatic rings. The summed E-state index contributed by atoms with van der Waals surface area (Å²) in [5, 5.41) is 20.0. The number of benzene rings is 1. The van der Waals surface area contributed by atoms with E-state index in [1.54, 1.807) is 13.8 Å². The van der Waals surface area contributed by atoms with Crippen LogP contribution >= 0.6 is 0 Å². The number of anilines is 1. The Morgan fingerprint density at radius 3 is 2.63 bits per heavy atom. The van der Waals surface area contributed by atoms with Crippen molar-refractivity contribution in [1.29, 1.82) is 0 Å². The third-order valence-corrected chi connectivity index (χ3v) is 4.45. The quantitative estimate of drug-likeness (QED) is 0.609. The molecule has 0 aliphatic carbocycles. The van der Waals surface area contributed by atoms with Crippen molar-refractivity contribution in [3.63, 3.8) is 0 Å². The molecule has 0 saturated carbocycles. The third-order valence-electron chi connectivity index (χ3n) is 4.45. The van der Waals surface area contributed by atoms with Crippen molar-refractivity contribution in [3.8, 4) is 5.75 Å². The van der Waals surface area contributed by atoms with Crippen LogP contribution in [0.5, 0.6) is 5.75 Å². The van der Waals surface area contributed by atoms with E-state index in [1.165, 1.54) is 34.6 Å². The molecule has 2 N–H and O–H groups in total. The molecule has 2 aromatic heterocycles. The van der Waals surface area contributed by atoms with Crippen molar-refractivity contribution >= 4 is 17.6 Å². The van der Waals surface area contributed by atoms with Gasteiger partial charge in [-0.1, -0.05) is 0 Å². The maximum absolute atomic E-state index is 13.7. The maximum atomic E-state index is 13.7. The van der Waals surface area contributed by atoms with Crippen LogP contribution in [-0.4, -0.2) is 36.5 Å². The van der Waals surface area contributed by atoms with E-state index in [0.717, 1.165) is 6.07 Å². The average molecular weight is 419 g/mol. The van der Waals surface area contributed by atoms with Gasteiger partial charge in [-0.15, -0.1) is 0 Å². The molecule has 1 unspecified atom stereocenters. The number of carboxylic acid groups (broad SMARTS) is 1. The second-order valence-electron chi connectivity index (χ2n) is 6.54. The zero-order chi connectivity index (χ0) is 22.0. The lowest BCUT2D eigenvalue weighted by atomic mass is 10.3. The van der Waals surface area contributed by atoms with Crippen molar-refractivity contribution in [3.05, 3.63) is 59.2 Å². The van der Waals surface area contributed by atoms with Gasteiger partial charge in [0.25, 0.3) is 5.91 Å². The molecular weight excluding hydrogens is 400 g/mol. The number of carbonyl (C=O) groups is 2. The molecular formula is C19H19F2N5O4. The molecule has 158 valence electrons. The van der Waals surface area contributed by atoms with Gasteiger partial charge in [0.2, 0.25) is 0 Å². The number of aromatic nitrogens is 4. The van der Waals surface area contributed by atoms with E-state index >= 15 is 0 Å². The van der Waals surface area contributed by atoms with E-state index in [9.17, 15) is 18.4 Å². The van der Waals surface area contributed by atoms with Crippen LogP contribution < -0.4 is 10.1 Å². The molecule has 30 heavy (non-hydrogen) atoms. The number of hydrogen-bond acceptors (Lipinski definition) is 5. The second kappa shape index (κ2) is 8.31. The average Bonchev–Trinajstić information content (AvgIpc) is 3.27. The summed E-state index contributed by atoms with van der Waals surface area (Å²) in [4.78, 5) is 23.5. The van der Waals surface area contributed by atoms with Crippen LogP contribution in [0.25, 0.3) is 0 Å². The second-order valence-corrected chi connectivity index (χ2v) is 6.54. The number of rotatable bonds is 7. The predicted octanol–water partition coefficient (Wildman–Crippen LogP) is 2.91. The van der Waals surface area contributed by atoms with Crippen LogP contribution in [0.15, 0.2) is 30.5 Å². The lowest BCUT2D eigenvalue weighted by Gasteiger charge is -2.09. The molecule has 9 nitrogen and oxygen atoms in total. The van der Waals surface area contributed by atoms with Gasteiger partial charge in [-0.25, -0.2) is 18.3 Å². The number of carboxylic acids is 1. The first-order valence-electron chi connectivity index (χ1n) is 8.88. The minimum absolute atomic E-state index is 0.0410. The highest BCUT2D eigenvalue weighted by molar-refractivity contribution is 6.03. The topological polar surface area (TPSA) is 111 Å². The van der Waals surface area contributed by atoms with Gasteiger partial charge in [0.15, 0.2) is 24.0 Å². The highest BCUT2D eigenvalue weighted by Crippen LogP contribution is 2.22. The van der Waals surface area contributed by atoms with Crippen LogP contribution in [-0.2, 0) is 11.5 Å². The Hall–Kier alpha value is -3.76. The Balaban J connectivity index is 1.72. The zero-order valence-corrected chi connectivity index (χ0v) is 16.4. The van der Waals surface area contributed by atoms with Gasteiger partial charge in [-0.3, -0.25) is 9.48 Å². The smallest absolute Gasteiger partial charge is 0.328 e. The molecule has 1 atom stereocenters. The van der Waals surface area contributed by atoms with Crippen molar-refractivity contribution < 1.29 is 28.2 Å². The van der Waals surface area contributed by atoms with Crippen LogP contribution in [0.1, 0.15) is 34.8 Å². The molecule has 2 heterocycles. The van der Waals surface area contributed by atoms with Crippen molar-refractivity contribution in [2.45, 2.75) is 33.5 Å². The number of hydrogen-bond donors (Lipinski definition) is 2. The summed E-state index contributed by atoms with van der Waals surface area (Å²) in [6, 6.07) is 3.46. The SMILES string of the molecule is Cc1nn(COc2ccc(F)cc2F)c(C)c1NC(=O)c1ccn(C(C)C(=O)O)n1. The summed E-state index contributed by atoms with van der Waals surface area (Å²) in [6.07, 6.45) is 1.40. The number of aryl methyl sites for hydroxylation is 1. The fourth-order valence-corrected chi connectivity index (χ4v) is 2.69. The van der Waals surface area contributed by atoms with Gasteiger partial charge in [-0.2, -0.15) is 10.2 Å². The number of aliphatic carboxylic acids is 1. The maximum Gasteiger partial charge on any atom is 0.328 e. The minimum atomic E-state index is -1.07. The highest BCUT2D eigenvalue weighted by Gasteiger charge is 2.20. The lowest BCUT2D eigenvalue weighted by molar-refractivity contribution is -0.140. The number of ether oxygens (including phenoxy) is 1. The summed E-state index contributed by atoms with van der Waals surface area (Å²) < 4.78 is 34.6. The van der Waals surface area contributed by atoms with Crippen LogP contribution in [0.2, 0.25) is 0 Å². The minimum Gasteiger partial charge on any atom is -0.480 e. The number of nitrogens with one attached hydrogen (secondary N) is 1. The van der Waals surface area contributed by atoms with Crippen LogP contribution in [0, 0.1) is 25.5 Å². The van der Waals surface area contributed by atoms with E-state index < -0.39 is 29.6 Å². The molecule has 0 radical (unpaired) electrons. The van der Waals surface area contributed by atoms with E-state index in [4.69, 9.17) is 9.84 Å². The van der Waals surface area contributed by atoms with E-state index in [0.29, 0.717) is 23.1 Å². The molecule has 11 heteroatoms. The molecule has 0 bridgehead atoms. The molecule has 1 amide bonds. The highest BCUT2D eigenvalue weighted by atomic mass is 19.1. The van der Waals surface area contributed by atoms with E-state index in [1.807, 2.05) is 0 Å². The van der Waals surface area contributed by atoms with Crippen molar-refractivity contribution in [1.82, 2.24) is 19.6 Å². The number of nitrogens with zero attached hydrogens (tertiary/aromatic N) is 4. The molecule has 0 fully saturated rings. The first-order chi connectivity index (χ1) is 14.2. The molecule has 3 rings (SSSR count). The fourth-order valence-electron chi connectivity index (χ4n) is 2.69. The summed E-state index contributed by atoms with van der Waals surface area (Å²) in [5.74, 6) is -3.29. The molecule has 3 aromatic rings. The Labute approximate surface area is 169 Å². The fraction of sp³-hybridized carbons (Fsp3) is 0.263. The zero-order valence-electron chi connectivity index (χ0n) is 16.4. The van der Waals surface area contributed by atoms with E-state index in [-0.39, 0.29) is 18.2 Å². The Bertz CT molecular complexity index is 1110. The lowest BCUT2D eigenvalue weighted by Crippen LogP contribution is -2.18. The molecule has 0 aliphatic heterocycles. The Morgan fingerprint density at radius 2 is 1.97 bits per heavy atom. The first-order valence-corrected chi connectivity index (χ1v) is 8.88. The summed E-state index contributed by atoms with van der Waals surface area (Å²) >= 11 is 0. The van der Waals surface area contributed by atoms with Crippen LogP contribution in [0.4, 0.5) is 14.5 Å². The standard InChI is InChI=1S/C19H19F2N5O4/c1-10-17(22-18(27)15-6-7-25(24-15)12(3)19(28)29)11(2)26(23-10)9-30-16-5-4-13(20)8-14(16)21/h4-8,12H,9H2,1-3H3,(H,22,27)(H,28,29). The van der Waals surface area contributed by atoms with Crippen LogP contribution in [0.3, 0.4) is 0 Å². The first kappa shape index (κ1) is 21.0. The molecule has 1 aromatic carbocycles. The normalized spacial score (nSPS) is 11.9. The van der Waals surface area contributed by atoms with E-state index in [2.05, 4.69) is 15.5 Å². The Morgan fingerprint density at radius 1 is 1.23 bits per heavy atom. The largest absolute Gasteiger partial charge is 0.480 e. The number of halogens is 2. The van der Waals surface area contributed by atoms with Gasteiger partial charge in [0, 0.05) is 12.3 Å². The number of amides is 1. The third kappa shape index (κ3) is 4.29. The number of carbonyl (C=O) groups excluding carboxylic acids is 1. The molecule has 0 spiro atoms. The van der Waals surface area contributed by atoms with Crippen molar-refractivity contribution in [2.75, 3.05) is 5.32 Å². The summed E-state index contributed by atoms with van der Waals surface area (Å²) in [6.45, 7) is 4.64.